The molecule has 6 nitrogen and oxygen atoms in total. The molecule has 0 aromatic heterocycles. The highest BCUT2D eigenvalue weighted by Gasteiger charge is 2.37. The fourth-order valence-electron chi connectivity index (χ4n) is 2.59. The van der Waals surface area contributed by atoms with Crippen LogP contribution in [-0.2, 0) is 20.8 Å². The van der Waals surface area contributed by atoms with Crippen LogP contribution in [0.1, 0.15) is 18.1 Å². The predicted molar refractivity (Wildman–Crippen MR) is 99.3 cm³/mol. The zero-order valence-electron chi connectivity index (χ0n) is 15.7. The van der Waals surface area contributed by atoms with E-state index in [2.05, 4.69) is 4.99 Å². The average Bonchev–Trinajstić information content (AvgIpc) is 2.64. The second-order valence-electron chi connectivity index (χ2n) is 6.45. The molecule has 1 unspecified atom stereocenters. The van der Waals surface area contributed by atoms with Gasteiger partial charge < -0.3 is 9.84 Å². The number of hydrogen-bond acceptors (Lipinski definition) is 6. The van der Waals surface area contributed by atoms with E-state index in [0.717, 1.165) is 50.4 Å². The summed E-state index contributed by atoms with van der Waals surface area (Å²) in [4.78, 5) is 3.53. The van der Waals surface area contributed by atoms with Crippen molar-refractivity contribution in [2.75, 3.05) is 12.9 Å². The lowest BCUT2D eigenvalue weighted by atomic mass is 10.1. The largest absolute Gasteiger partial charge is 0.482 e. The van der Waals surface area contributed by atoms with Gasteiger partial charge in [-0.3, -0.25) is 0 Å². The minimum atomic E-state index is -4.82. The van der Waals surface area contributed by atoms with Crippen molar-refractivity contribution in [3.8, 4) is 6.07 Å². The lowest BCUT2D eigenvalue weighted by molar-refractivity contribution is -0.137. The van der Waals surface area contributed by atoms with Crippen molar-refractivity contribution in [3.05, 3.63) is 59.4 Å². The van der Waals surface area contributed by atoms with E-state index in [-0.39, 0.29) is 10.6 Å². The Bertz CT molecular complexity index is 1100. The zero-order chi connectivity index (χ0) is 22.7. The van der Waals surface area contributed by atoms with Crippen LogP contribution < -0.4 is 0 Å². The number of sulfone groups is 1. The molecule has 30 heavy (non-hydrogen) atoms. The number of aliphatic imine (C=N–C) groups is 1. The molecule has 0 fully saturated rings. The molecule has 0 radical (unpaired) electrons. The number of benzene rings is 2. The molecule has 1 atom stereocenters. The van der Waals surface area contributed by atoms with E-state index in [0.29, 0.717) is 6.07 Å². The van der Waals surface area contributed by atoms with Crippen LogP contribution in [0, 0.1) is 17.1 Å². The topological polar surface area (TPSA) is 99.8 Å². The van der Waals surface area contributed by atoms with Gasteiger partial charge in [-0.2, -0.15) is 18.4 Å². The maximum absolute atomic E-state index is 13.1. The van der Waals surface area contributed by atoms with Crippen molar-refractivity contribution in [1.82, 2.24) is 0 Å². The summed E-state index contributed by atoms with van der Waals surface area (Å²) in [5.41, 5.74) is -4.39. The minimum absolute atomic E-state index is 0.266. The van der Waals surface area contributed by atoms with Gasteiger partial charge in [0.05, 0.1) is 40.6 Å². The lowest BCUT2D eigenvalue weighted by Crippen LogP contribution is -2.43. The maximum Gasteiger partial charge on any atom is 0.417 e. The van der Waals surface area contributed by atoms with Gasteiger partial charge in [-0.05, 0) is 49.4 Å². The Morgan fingerprint density at radius 1 is 1.20 bits per heavy atom. The Balaban J connectivity index is 2.44. The highest BCUT2D eigenvalue weighted by Crippen LogP contribution is 2.34. The Labute approximate surface area is 170 Å². The number of ether oxygens (including phenoxy) is 1. The first-order valence-corrected chi connectivity index (χ1v) is 9.90. The standard InChI is InChI=1S/C19H16F4N2O4S/c1-18(26,11-30(27,28)15-7-4-13(20)5-8-15)17(29-2)25-14-6-3-12(10-24)16(9-14)19(21,22)23/h3-9,26H,11H2,1-2H3. The molecule has 0 saturated heterocycles. The Hall–Kier alpha value is -2.97. The normalized spacial score (nSPS) is 14.7. The molecule has 2 rings (SSSR count). The Morgan fingerprint density at radius 2 is 1.80 bits per heavy atom. The van der Waals surface area contributed by atoms with E-state index in [1.165, 1.54) is 6.07 Å². The molecule has 0 aliphatic carbocycles. The monoisotopic (exact) mass is 444 g/mol. The molecule has 0 saturated carbocycles. The molecule has 0 bridgehead atoms. The van der Waals surface area contributed by atoms with Crippen LogP contribution in [0.2, 0.25) is 0 Å². The summed E-state index contributed by atoms with van der Waals surface area (Å²) in [7, 11) is -3.06. The third-order valence-corrected chi connectivity index (χ3v) is 5.89. The lowest BCUT2D eigenvalue weighted by Gasteiger charge is -2.24. The third-order valence-electron chi connectivity index (χ3n) is 3.96. The van der Waals surface area contributed by atoms with Crippen LogP contribution in [0.25, 0.3) is 0 Å². The first kappa shape index (κ1) is 23.3. The molecule has 0 aliphatic heterocycles. The second-order valence-corrected chi connectivity index (χ2v) is 8.44. The van der Waals surface area contributed by atoms with Crippen molar-refractivity contribution in [2.45, 2.75) is 23.6 Å². The number of nitriles is 1. The molecule has 0 heterocycles. The molecule has 1 N–H and O–H groups in total. The molecule has 160 valence electrons. The number of nitrogens with zero attached hydrogens (tertiary/aromatic N) is 2. The van der Waals surface area contributed by atoms with Gasteiger partial charge in [0, 0.05) is 0 Å². The van der Waals surface area contributed by atoms with Crippen molar-refractivity contribution < 1.29 is 35.8 Å². The van der Waals surface area contributed by atoms with E-state index in [4.69, 9.17) is 10.00 Å². The zero-order valence-corrected chi connectivity index (χ0v) is 16.6. The predicted octanol–water partition coefficient (Wildman–Crippen LogP) is 3.62. The summed E-state index contributed by atoms with van der Waals surface area (Å²) in [6.45, 7) is 1.06. The Morgan fingerprint density at radius 3 is 2.30 bits per heavy atom. The number of hydrogen-bond donors (Lipinski definition) is 1. The van der Waals surface area contributed by atoms with Gasteiger partial charge in [0.15, 0.2) is 15.4 Å². The molecule has 2 aromatic carbocycles. The number of aliphatic hydroxyl groups is 1. The molecular formula is C19H16F4N2O4S. The van der Waals surface area contributed by atoms with Crippen LogP contribution in [0.5, 0.6) is 0 Å². The minimum Gasteiger partial charge on any atom is -0.482 e. The summed E-state index contributed by atoms with van der Waals surface area (Å²) in [6, 6.07) is 7.90. The van der Waals surface area contributed by atoms with Crippen molar-refractivity contribution >= 4 is 21.4 Å². The highest BCUT2D eigenvalue weighted by atomic mass is 32.2. The van der Waals surface area contributed by atoms with Crippen LogP contribution >= 0.6 is 0 Å². The first-order valence-electron chi connectivity index (χ1n) is 8.25. The number of alkyl halides is 3. The summed E-state index contributed by atoms with van der Waals surface area (Å²) >= 11 is 0. The fraction of sp³-hybridized carbons (Fsp3) is 0.263. The van der Waals surface area contributed by atoms with E-state index in [1.54, 1.807) is 0 Å². The van der Waals surface area contributed by atoms with E-state index < -0.39 is 50.2 Å². The summed E-state index contributed by atoms with van der Waals surface area (Å²) in [6.07, 6.45) is -4.82. The molecular weight excluding hydrogens is 428 g/mol. The van der Waals surface area contributed by atoms with Gasteiger partial charge in [-0.25, -0.2) is 17.8 Å². The van der Waals surface area contributed by atoms with Crippen molar-refractivity contribution in [3.63, 3.8) is 0 Å². The van der Waals surface area contributed by atoms with Crippen molar-refractivity contribution in [1.29, 1.82) is 5.26 Å². The number of halogens is 4. The van der Waals surface area contributed by atoms with Crippen LogP contribution in [-0.4, -0.2) is 37.9 Å². The van der Waals surface area contributed by atoms with Crippen molar-refractivity contribution in [2.24, 2.45) is 4.99 Å². The molecule has 11 heteroatoms. The SMILES string of the molecule is COC(=Nc1ccc(C#N)c(C(F)(F)F)c1)C(C)(O)CS(=O)(=O)c1ccc(F)cc1. The smallest absolute Gasteiger partial charge is 0.417 e. The molecule has 0 amide bonds. The van der Waals surface area contributed by atoms with Gasteiger partial charge in [-0.1, -0.05) is 0 Å². The quantitative estimate of drug-likeness (QED) is 0.329. The number of methoxy groups -OCH3 is 1. The molecule has 0 aliphatic rings. The van der Waals surface area contributed by atoms with Crippen LogP contribution in [0.15, 0.2) is 52.4 Å². The van der Waals surface area contributed by atoms with Gasteiger partial charge in [0.2, 0.25) is 5.90 Å². The summed E-state index contributed by atoms with van der Waals surface area (Å²) in [5.74, 6) is -2.15. The van der Waals surface area contributed by atoms with E-state index >= 15 is 0 Å². The van der Waals surface area contributed by atoms with E-state index in [1.807, 2.05) is 0 Å². The van der Waals surface area contributed by atoms with Gasteiger partial charge in [0.25, 0.3) is 0 Å². The summed E-state index contributed by atoms with van der Waals surface area (Å²) < 4.78 is 82.4. The third kappa shape index (κ3) is 5.34. The van der Waals surface area contributed by atoms with Gasteiger partial charge in [0.1, 0.15) is 5.82 Å². The Kier molecular flexibility index (Phi) is 6.54. The second kappa shape index (κ2) is 8.41. The van der Waals surface area contributed by atoms with Gasteiger partial charge >= 0.3 is 6.18 Å². The van der Waals surface area contributed by atoms with E-state index in [9.17, 15) is 31.1 Å². The van der Waals surface area contributed by atoms with Gasteiger partial charge in [-0.15, -0.1) is 0 Å². The average molecular weight is 444 g/mol. The maximum atomic E-state index is 13.1. The highest BCUT2D eigenvalue weighted by molar-refractivity contribution is 7.91. The number of rotatable bonds is 5. The van der Waals surface area contributed by atoms with Crippen LogP contribution in [0.4, 0.5) is 23.2 Å². The fourth-order valence-corrected chi connectivity index (χ4v) is 4.17. The molecule has 2 aromatic rings. The molecule has 0 spiro atoms. The summed E-state index contributed by atoms with van der Waals surface area (Å²) in [5, 5.41) is 19.5. The van der Waals surface area contributed by atoms with Crippen LogP contribution in [0.3, 0.4) is 0 Å². The first-order chi connectivity index (χ1) is 13.8.